The van der Waals surface area contributed by atoms with Crippen molar-refractivity contribution in [1.82, 2.24) is 5.01 Å². The molecule has 1 aliphatic rings. The first-order valence-corrected chi connectivity index (χ1v) is 10.9. The summed E-state index contributed by atoms with van der Waals surface area (Å²) in [6, 6.07) is 18.1. The molecule has 1 fully saturated rings. The average Bonchev–Trinajstić information content (AvgIpc) is 2.62. The van der Waals surface area contributed by atoms with Gasteiger partial charge in [0.05, 0.1) is 6.04 Å². The highest BCUT2D eigenvalue weighted by atomic mass is 32.2. The first kappa shape index (κ1) is 19.5. The molecule has 0 radical (unpaired) electrons. The Bertz CT molecular complexity index is 721. The van der Waals surface area contributed by atoms with Crippen LogP contribution in [-0.2, 0) is 11.8 Å². The van der Waals surface area contributed by atoms with Gasteiger partial charge in [-0.15, -0.1) is 11.8 Å². The Morgan fingerprint density at radius 1 is 1.12 bits per heavy atom. The van der Waals surface area contributed by atoms with Gasteiger partial charge in [0.25, 0.3) is 0 Å². The molecular weight excluding hydrogens is 336 g/mol. The van der Waals surface area contributed by atoms with Gasteiger partial charge in [-0.2, -0.15) is 0 Å². The second-order valence-electron chi connectivity index (χ2n) is 8.48. The lowest BCUT2D eigenvalue weighted by Gasteiger charge is -2.39. The van der Waals surface area contributed by atoms with Crippen molar-refractivity contribution in [2.24, 2.45) is 11.8 Å². The van der Waals surface area contributed by atoms with Gasteiger partial charge in [0.15, 0.2) is 0 Å². The lowest BCUT2D eigenvalue weighted by atomic mass is 9.80. The number of thioether (sulfide) groups is 1. The fourth-order valence-electron chi connectivity index (χ4n) is 4.12. The van der Waals surface area contributed by atoms with E-state index in [-0.39, 0.29) is 5.41 Å². The molecule has 0 bridgehead atoms. The molecule has 26 heavy (non-hydrogen) atoms. The molecule has 0 spiro atoms. The molecule has 0 aliphatic carbocycles. The van der Waals surface area contributed by atoms with E-state index in [0.717, 1.165) is 13.0 Å². The zero-order valence-corrected chi connectivity index (χ0v) is 17.4. The van der Waals surface area contributed by atoms with E-state index in [0.29, 0.717) is 12.0 Å². The Labute approximate surface area is 163 Å². The van der Waals surface area contributed by atoms with Crippen LogP contribution in [0.5, 0.6) is 0 Å². The van der Waals surface area contributed by atoms with Crippen LogP contribution in [-0.4, -0.2) is 17.8 Å². The van der Waals surface area contributed by atoms with Crippen LogP contribution in [0.1, 0.15) is 56.3 Å². The van der Waals surface area contributed by atoms with E-state index in [1.54, 1.807) is 0 Å². The number of benzene rings is 2. The molecule has 2 aromatic rings. The number of hydrazine groups is 1. The van der Waals surface area contributed by atoms with E-state index >= 15 is 0 Å². The van der Waals surface area contributed by atoms with Crippen LogP contribution >= 0.6 is 11.8 Å². The number of rotatable bonds is 4. The summed E-state index contributed by atoms with van der Waals surface area (Å²) < 4.78 is 0. The standard InChI is InChI=1S/C23H32N2S/c1-23(2,3)20-12-13-21(26-4)19(16-20)15-18-11-8-14-25(24)22(18)17-9-6-5-7-10-17/h5-7,9-10,12-13,16,18,22H,8,11,14-15,24H2,1-4H3/t18-,22+/m1/s1. The van der Waals surface area contributed by atoms with Crippen molar-refractivity contribution in [2.75, 3.05) is 12.8 Å². The number of hydrogen-bond acceptors (Lipinski definition) is 3. The second kappa shape index (κ2) is 8.16. The molecule has 1 aliphatic heterocycles. The maximum absolute atomic E-state index is 6.45. The van der Waals surface area contributed by atoms with Crippen LogP contribution in [0.2, 0.25) is 0 Å². The third-order valence-electron chi connectivity index (χ3n) is 5.56. The van der Waals surface area contributed by atoms with Crippen LogP contribution in [0, 0.1) is 5.92 Å². The molecule has 1 heterocycles. The third-order valence-corrected chi connectivity index (χ3v) is 6.40. The molecule has 140 valence electrons. The fourth-order valence-corrected chi connectivity index (χ4v) is 4.73. The molecule has 0 aromatic heterocycles. The summed E-state index contributed by atoms with van der Waals surface area (Å²) >= 11 is 1.86. The Morgan fingerprint density at radius 2 is 1.85 bits per heavy atom. The normalized spacial score (nSPS) is 21.7. The molecule has 2 aromatic carbocycles. The summed E-state index contributed by atoms with van der Waals surface area (Å²) in [5.74, 6) is 7.01. The predicted octanol–water partition coefficient (Wildman–Crippen LogP) is 5.58. The molecule has 0 unspecified atom stereocenters. The minimum atomic E-state index is 0.178. The Morgan fingerprint density at radius 3 is 2.50 bits per heavy atom. The summed E-state index contributed by atoms with van der Waals surface area (Å²) in [4.78, 5) is 1.40. The summed E-state index contributed by atoms with van der Waals surface area (Å²) in [6.45, 7) is 7.85. The van der Waals surface area contributed by atoms with E-state index in [4.69, 9.17) is 5.84 Å². The topological polar surface area (TPSA) is 29.3 Å². The van der Waals surface area contributed by atoms with Gasteiger partial charge in [-0.25, -0.2) is 5.01 Å². The minimum Gasteiger partial charge on any atom is -0.268 e. The quantitative estimate of drug-likeness (QED) is 0.564. The van der Waals surface area contributed by atoms with Crippen LogP contribution in [0.3, 0.4) is 0 Å². The summed E-state index contributed by atoms with van der Waals surface area (Å²) in [7, 11) is 0. The van der Waals surface area contributed by atoms with Gasteiger partial charge in [-0.3, -0.25) is 5.84 Å². The monoisotopic (exact) mass is 368 g/mol. The van der Waals surface area contributed by atoms with Crippen molar-refractivity contribution >= 4 is 11.8 Å². The molecule has 1 saturated heterocycles. The lowest BCUT2D eigenvalue weighted by Crippen LogP contribution is -2.44. The van der Waals surface area contributed by atoms with Gasteiger partial charge < -0.3 is 0 Å². The number of piperidine rings is 1. The second-order valence-corrected chi connectivity index (χ2v) is 9.32. The molecule has 2 nitrogen and oxygen atoms in total. The highest BCUT2D eigenvalue weighted by Gasteiger charge is 2.31. The van der Waals surface area contributed by atoms with E-state index in [1.807, 2.05) is 11.8 Å². The molecule has 2 atom stereocenters. The number of nitrogens with zero attached hydrogens (tertiary/aromatic N) is 1. The van der Waals surface area contributed by atoms with Crippen LogP contribution in [0.15, 0.2) is 53.4 Å². The average molecular weight is 369 g/mol. The molecule has 0 saturated carbocycles. The molecule has 3 heteroatoms. The fraction of sp³-hybridized carbons (Fsp3) is 0.478. The highest BCUT2D eigenvalue weighted by Crippen LogP contribution is 2.38. The van der Waals surface area contributed by atoms with Gasteiger partial charge in [-0.1, -0.05) is 63.2 Å². The smallest absolute Gasteiger partial charge is 0.0521 e. The molecular formula is C23H32N2S. The summed E-state index contributed by atoms with van der Waals surface area (Å²) in [6.07, 6.45) is 5.69. The number of hydrogen-bond donors (Lipinski definition) is 1. The zero-order valence-electron chi connectivity index (χ0n) is 16.5. The van der Waals surface area contributed by atoms with Crippen LogP contribution in [0.25, 0.3) is 0 Å². The lowest BCUT2D eigenvalue weighted by molar-refractivity contribution is 0.0923. The van der Waals surface area contributed by atoms with Gasteiger partial charge in [0, 0.05) is 11.4 Å². The van der Waals surface area contributed by atoms with E-state index in [2.05, 4.69) is 80.6 Å². The van der Waals surface area contributed by atoms with Crippen molar-refractivity contribution in [3.63, 3.8) is 0 Å². The minimum absolute atomic E-state index is 0.178. The molecule has 0 amide bonds. The summed E-state index contributed by atoms with van der Waals surface area (Å²) in [5, 5.41) is 2.07. The Hall–Kier alpha value is -1.29. The van der Waals surface area contributed by atoms with E-state index < -0.39 is 0 Å². The van der Waals surface area contributed by atoms with Gasteiger partial charge >= 0.3 is 0 Å². The Kier molecular flexibility index (Phi) is 6.11. The highest BCUT2D eigenvalue weighted by molar-refractivity contribution is 7.98. The van der Waals surface area contributed by atoms with Crippen LogP contribution in [0.4, 0.5) is 0 Å². The molecule has 2 N–H and O–H groups in total. The largest absolute Gasteiger partial charge is 0.268 e. The van der Waals surface area contributed by atoms with E-state index in [9.17, 15) is 0 Å². The van der Waals surface area contributed by atoms with Crippen molar-refractivity contribution in [2.45, 2.75) is 56.4 Å². The predicted molar refractivity (Wildman–Crippen MR) is 113 cm³/mol. The molecule has 3 rings (SSSR count). The van der Waals surface area contributed by atoms with Crippen LogP contribution < -0.4 is 5.84 Å². The SMILES string of the molecule is CSc1ccc(C(C)(C)C)cc1C[C@H]1CCCN(N)[C@H]1c1ccccc1. The van der Waals surface area contributed by atoms with Gasteiger partial charge in [-0.05, 0) is 59.6 Å². The van der Waals surface area contributed by atoms with Crippen molar-refractivity contribution < 1.29 is 0 Å². The maximum Gasteiger partial charge on any atom is 0.0521 e. The van der Waals surface area contributed by atoms with E-state index in [1.165, 1.54) is 34.4 Å². The maximum atomic E-state index is 6.45. The van der Waals surface area contributed by atoms with Crippen molar-refractivity contribution in [1.29, 1.82) is 0 Å². The first-order chi connectivity index (χ1) is 12.4. The Balaban J connectivity index is 1.93. The van der Waals surface area contributed by atoms with Crippen molar-refractivity contribution in [3.8, 4) is 0 Å². The third kappa shape index (κ3) is 4.33. The first-order valence-electron chi connectivity index (χ1n) is 9.64. The van der Waals surface area contributed by atoms with Gasteiger partial charge in [0.1, 0.15) is 0 Å². The number of nitrogens with two attached hydrogens (primary N) is 1. The van der Waals surface area contributed by atoms with Gasteiger partial charge in [0.2, 0.25) is 0 Å². The van der Waals surface area contributed by atoms with Crippen molar-refractivity contribution in [3.05, 3.63) is 65.2 Å². The zero-order chi connectivity index (χ0) is 18.7. The summed E-state index contributed by atoms with van der Waals surface area (Å²) in [5.41, 5.74) is 4.42.